The SMILES string of the molecule is COc1ccc2oc(C(=O)[C@@H](NC(=O)[C@@H]3CCCN3C(=O)[C@@H](N)C(C)C)C(C)C)nc2c1. The Kier molecular flexibility index (Phi) is 7.18. The number of likely N-dealkylation sites (tertiary alicyclic amines) is 1. The second-order valence-electron chi connectivity index (χ2n) is 8.91. The van der Waals surface area contributed by atoms with Gasteiger partial charge < -0.3 is 25.1 Å². The second kappa shape index (κ2) is 9.68. The molecule has 9 heteroatoms. The van der Waals surface area contributed by atoms with Gasteiger partial charge in [0.2, 0.25) is 17.6 Å². The van der Waals surface area contributed by atoms with Crippen molar-refractivity contribution in [3.8, 4) is 5.75 Å². The van der Waals surface area contributed by atoms with Crippen molar-refractivity contribution >= 4 is 28.7 Å². The van der Waals surface area contributed by atoms with Crippen LogP contribution in [0.1, 0.15) is 51.2 Å². The van der Waals surface area contributed by atoms with E-state index in [9.17, 15) is 14.4 Å². The molecule has 2 aromatic rings. The second-order valence-corrected chi connectivity index (χ2v) is 8.91. The minimum atomic E-state index is -0.839. The Labute approximate surface area is 187 Å². The fourth-order valence-corrected chi connectivity index (χ4v) is 3.84. The summed E-state index contributed by atoms with van der Waals surface area (Å²) in [6.07, 6.45) is 1.24. The van der Waals surface area contributed by atoms with E-state index < -0.39 is 23.9 Å². The number of carbonyl (C=O) groups is 3. The van der Waals surface area contributed by atoms with Crippen molar-refractivity contribution in [2.75, 3.05) is 13.7 Å². The summed E-state index contributed by atoms with van der Waals surface area (Å²) >= 11 is 0. The fraction of sp³-hybridized carbons (Fsp3) is 0.565. The van der Waals surface area contributed by atoms with Crippen LogP contribution >= 0.6 is 0 Å². The van der Waals surface area contributed by atoms with E-state index in [2.05, 4.69) is 10.3 Å². The maximum absolute atomic E-state index is 13.2. The summed E-state index contributed by atoms with van der Waals surface area (Å²) in [5, 5.41) is 2.83. The van der Waals surface area contributed by atoms with Crippen LogP contribution in [0.3, 0.4) is 0 Å². The number of hydrogen-bond acceptors (Lipinski definition) is 7. The molecule has 0 unspecified atom stereocenters. The smallest absolute Gasteiger partial charge is 0.266 e. The quantitative estimate of drug-likeness (QED) is 0.597. The molecule has 3 N–H and O–H groups in total. The highest BCUT2D eigenvalue weighted by molar-refractivity contribution is 6.01. The van der Waals surface area contributed by atoms with Gasteiger partial charge in [0.15, 0.2) is 5.58 Å². The molecule has 0 radical (unpaired) electrons. The number of methoxy groups -OCH3 is 1. The first-order chi connectivity index (χ1) is 15.1. The van der Waals surface area contributed by atoms with E-state index in [0.717, 1.165) is 0 Å². The number of ether oxygens (including phenoxy) is 1. The van der Waals surface area contributed by atoms with Crippen molar-refractivity contribution in [1.82, 2.24) is 15.2 Å². The fourth-order valence-electron chi connectivity index (χ4n) is 3.84. The van der Waals surface area contributed by atoms with Gasteiger partial charge >= 0.3 is 0 Å². The molecule has 9 nitrogen and oxygen atoms in total. The zero-order valence-electron chi connectivity index (χ0n) is 19.3. The molecule has 0 saturated carbocycles. The summed E-state index contributed by atoms with van der Waals surface area (Å²) in [7, 11) is 1.54. The number of nitrogens with two attached hydrogens (primary N) is 1. The molecule has 174 valence electrons. The van der Waals surface area contributed by atoms with Crippen LogP contribution in [0.15, 0.2) is 22.6 Å². The van der Waals surface area contributed by atoms with Gasteiger partial charge in [0, 0.05) is 12.6 Å². The number of amides is 2. The first-order valence-electron chi connectivity index (χ1n) is 11.0. The minimum absolute atomic E-state index is 0.0328. The first kappa shape index (κ1) is 23.7. The number of benzene rings is 1. The topological polar surface area (TPSA) is 128 Å². The molecule has 2 amide bonds. The third-order valence-electron chi connectivity index (χ3n) is 5.89. The van der Waals surface area contributed by atoms with E-state index in [1.807, 2.05) is 27.7 Å². The Bertz CT molecular complexity index is 999. The monoisotopic (exact) mass is 444 g/mol. The van der Waals surface area contributed by atoms with Crippen LogP contribution in [0, 0.1) is 11.8 Å². The van der Waals surface area contributed by atoms with Gasteiger partial charge in [-0.3, -0.25) is 14.4 Å². The Hall–Kier alpha value is -2.94. The molecule has 0 aliphatic carbocycles. The van der Waals surface area contributed by atoms with Gasteiger partial charge in [0.1, 0.15) is 17.3 Å². The van der Waals surface area contributed by atoms with Gasteiger partial charge in [-0.1, -0.05) is 27.7 Å². The van der Waals surface area contributed by atoms with E-state index in [-0.39, 0.29) is 29.5 Å². The molecular weight excluding hydrogens is 412 g/mol. The number of nitrogens with zero attached hydrogens (tertiary/aromatic N) is 2. The summed E-state index contributed by atoms with van der Waals surface area (Å²) in [6.45, 7) is 7.89. The predicted molar refractivity (Wildman–Crippen MR) is 119 cm³/mol. The molecule has 1 fully saturated rings. The molecule has 2 heterocycles. The van der Waals surface area contributed by atoms with Crippen LogP contribution in [0.5, 0.6) is 5.75 Å². The number of aromatic nitrogens is 1. The third-order valence-corrected chi connectivity index (χ3v) is 5.89. The van der Waals surface area contributed by atoms with Gasteiger partial charge in [-0.2, -0.15) is 0 Å². The number of oxazole rings is 1. The summed E-state index contributed by atoms with van der Waals surface area (Å²) in [5.41, 5.74) is 6.98. The van der Waals surface area contributed by atoms with E-state index in [1.165, 1.54) is 4.90 Å². The van der Waals surface area contributed by atoms with Gasteiger partial charge in [-0.25, -0.2) is 4.98 Å². The zero-order valence-corrected chi connectivity index (χ0v) is 19.3. The highest BCUT2D eigenvalue weighted by atomic mass is 16.5. The summed E-state index contributed by atoms with van der Waals surface area (Å²) in [5.74, 6) is -0.737. The molecule has 1 aromatic heterocycles. The van der Waals surface area contributed by atoms with E-state index in [0.29, 0.717) is 36.2 Å². The van der Waals surface area contributed by atoms with Crippen LogP contribution in [-0.4, -0.2) is 59.3 Å². The van der Waals surface area contributed by atoms with E-state index in [1.54, 1.807) is 25.3 Å². The highest BCUT2D eigenvalue weighted by Crippen LogP contribution is 2.24. The van der Waals surface area contributed by atoms with Gasteiger partial charge in [0.25, 0.3) is 5.89 Å². The molecule has 1 aliphatic heterocycles. The van der Waals surface area contributed by atoms with Gasteiger partial charge in [0.05, 0.1) is 19.2 Å². The largest absolute Gasteiger partial charge is 0.497 e. The standard InChI is InChI=1S/C23H32N4O5/c1-12(2)18(24)23(30)27-10-6-7-16(27)21(29)26-19(13(3)4)20(28)22-25-15-11-14(31-5)8-9-17(15)32-22/h8-9,11-13,16,18-19H,6-7,10,24H2,1-5H3,(H,26,29)/t16-,18-,19-/m0/s1. The number of Topliss-reactive ketones (excluding diaryl/α,β-unsaturated/α-hetero) is 1. The lowest BCUT2D eigenvalue weighted by Crippen LogP contribution is -2.55. The van der Waals surface area contributed by atoms with Crippen molar-refractivity contribution in [2.24, 2.45) is 17.6 Å². The first-order valence-corrected chi connectivity index (χ1v) is 11.0. The van der Waals surface area contributed by atoms with Crippen molar-refractivity contribution in [1.29, 1.82) is 0 Å². The molecule has 1 saturated heterocycles. The Morgan fingerprint density at radius 1 is 1.22 bits per heavy atom. The maximum atomic E-state index is 13.2. The maximum Gasteiger partial charge on any atom is 0.266 e. The number of carbonyl (C=O) groups excluding carboxylic acids is 3. The zero-order chi connectivity index (χ0) is 23.6. The number of fused-ring (bicyclic) bond motifs is 1. The summed E-state index contributed by atoms with van der Waals surface area (Å²) in [6, 6.07) is 2.93. The summed E-state index contributed by atoms with van der Waals surface area (Å²) < 4.78 is 10.8. The Morgan fingerprint density at radius 2 is 1.94 bits per heavy atom. The number of rotatable bonds is 8. The summed E-state index contributed by atoms with van der Waals surface area (Å²) in [4.78, 5) is 44.8. The lowest BCUT2D eigenvalue weighted by atomic mass is 9.98. The van der Waals surface area contributed by atoms with Gasteiger partial charge in [-0.15, -0.1) is 0 Å². The van der Waals surface area contributed by atoms with E-state index >= 15 is 0 Å². The van der Waals surface area contributed by atoms with Crippen LogP contribution in [0.25, 0.3) is 11.1 Å². The molecule has 0 spiro atoms. The molecule has 1 aliphatic rings. The van der Waals surface area contributed by atoms with Crippen molar-refractivity contribution in [3.05, 3.63) is 24.1 Å². The van der Waals surface area contributed by atoms with Crippen LogP contribution in [0.2, 0.25) is 0 Å². The molecule has 3 rings (SSSR count). The highest BCUT2D eigenvalue weighted by Gasteiger charge is 2.39. The molecule has 32 heavy (non-hydrogen) atoms. The molecular formula is C23H32N4O5. The lowest BCUT2D eigenvalue weighted by molar-refractivity contribution is -0.140. The van der Waals surface area contributed by atoms with Crippen LogP contribution in [0.4, 0.5) is 0 Å². The third kappa shape index (κ3) is 4.77. The van der Waals surface area contributed by atoms with Crippen molar-refractivity contribution < 1.29 is 23.5 Å². The average molecular weight is 445 g/mol. The van der Waals surface area contributed by atoms with Crippen molar-refractivity contribution in [3.63, 3.8) is 0 Å². The normalized spacial score (nSPS) is 18.2. The van der Waals surface area contributed by atoms with Crippen LogP contribution in [-0.2, 0) is 9.59 Å². The van der Waals surface area contributed by atoms with E-state index in [4.69, 9.17) is 14.9 Å². The molecule has 0 bridgehead atoms. The average Bonchev–Trinajstić information content (AvgIpc) is 3.42. The Morgan fingerprint density at radius 3 is 2.56 bits per heavy atom. The lowest BCUT2D eigenvalue weighted by Gasteiger charge is -2.29. The van der Waals surface area contributed by atoms with Crippen LogP contribution < -0.4 is 15.8 Å². The molecule has 3 atom stereocenters. The van der Waals surface area contributed by atoms with Gasteiger partial charge in [-0.05, 0) is 36.8 Å². The minimum Gasteiger partial charge on any atom is -0.497 e. The number of hydrogen-bond donors (Lipinski definition) is 2. The Balaban J connectivity index is 1.78. The van der Waals surface area contributed by atoms with Crippen molar-refractivity contribution in [2.45, 2.75) is 58.7 Å². The molecule has 1 aromatic carbocycles. The number of ketones is 1. The number of nitrogens with one attached hydrogen (secondary N) is 1. The predicted octanol–water partition coefficient (Wildman–Crippen LogP) is 2.13.